The number of rotatable bonds is 2. The average molecular weight is 239 g/mol. The van der Waals surface area contributed by atoms with E-state index in [9.17, 15) is 4.79 Å². The van der Waals surface area contributed by atoms with Gasteiger partial charge in [-0.05, 0) is 30.7 Å². The van der Waals surface area contributed by atoms with Gasteiger partial charge in [-0.15, -0.1) is 0 Å². The van der Waals surface area contributed by atoms with E-state index in [2.05, 4.69) is 5.10 Å². The van der Waals surface area contributed by atoms with E-state index in [1.807, 2.05) is 19.1 Å². The Morgan fingerprint density at radius 1 is 1.62 bits per heavy atom. The highest BCUT2D eigenvalue weighted by Gasteiger charge is 2.25. The standard InChI is InChI=1S/C11H11ClN2O2/c1-7-4-9(12)2-3-10(7)14-6-8(5-13-14)11(15)16/h2-5,8H,6H2,1H3,(H,15,16). The summed E-state index contributed by atoms with van der Waals surface area (Å²) in [5.74, 6) is -1.38. The van der Waals surface area contributed by atoms with Crippen molar-refractivity contribution >= 4 is 29.5 Å². The maximum atomic E-state index is 10.8. The molecule has 0 saturated heterocycles. The molecule has 0 fully saturated rings. The monoisotopic (exact) mass is 238 g/mol. The molecule has 1 aromatic carbocycles. The first-order valence-electron chi connectivity index (χ1n) is 4.88. The molecule has 1 aliphatic rings. The van der Waals surface area contributed by atoms with Crippen molar-refractivity contribution in [1.29, 1.82) is 0 Å². The number of carboxylic acids is 1. The number of nitrogens with zero attached hydrogens (tertiary/aromatic N) is 2. The molecular formula is C11H11ClN2O2. The number of halogens is 1. The van der Waals surface area contributed by atoms with Gasteiger partial charge in [-0.3, -0.25) is 9.80 Å². The normalized spacial score (nSPS) is 19.1. The van der Waals surface area contributed by atoms with Gasteiger partial charge in [0, 0.05) is 11.2 Å². The van der Waals surface area contributed by atoms with Gasteiger partial charge in [0.05, 0.1) is 12.2 Å². The van der Waals surface area contributed by atoms with E-state index >= 15 is 0 Å². The SMILES string of the molecule is Cc1cc(Cl)ccc1N1CC(C(=O)O)C=N1. The summed E-state index contributed by atoms with van der Waals surface area (Å²) < 4.78 is 0. The number of carboxylic acid groups (broad SMARTS) is 1. The maximum Gasteiger partial charge on any atom is 0.313 e. The zero-order valence-electron chi connectivity index (χ0n) is 8.72. The molecule has 0 saturated carbocycles. The molecule has 84 valence electrons. The minimum Gasteiger partial charge on any atom is -0.481 e. The minimum absolute atomic E-state index is 0.373. The van der Waals surface area contributed by atoms with Crippen molar-refractivity contribution in [3.63, 3.8) is 0 Å². The van der Waals surface area contributed by atoms with Crippen LogP contribution < -0.4 is 5.01 Å². The Labute approximate surface area is 98.1 Å². The van der Waals surface area contributed by atoms with E-state index in [0.29, 0.717) is 11.6 Å². The molecule has 0 aromatic heterocycles. The molecule has 1 N–H and O–H groups in total. The van der Waals surface area contributed by atoms with E-state index in [0.717, 1.165) is 11.3 Å². The predicted octanol–water partition coefficient (Wildman–Crippen LogP) is 2.16. The molecule has 0 aliphatic carbocycles. The summed E-state index contributed by atoms with van der Waals surface area (Å²) in [6.07, 6.45) is 1.45. The molecule has 1 aliphatic heterocycles. The number of carbonyl (C=O) groups is 1. The van der Waals surface area contributed by atoms with Crippen LogP contribution in [0.4, 0.5) is 5.69 Å². The zero-order chi connectivity index (χ0) is 11.7. The van der Waals surface area contributed by atoms with Crippen molar-refractivity contribution in [3.05, 3.63) is 28.8 Å². The second-order valence-electron chi connectivity index (χ2n) is 3.72. The molecule has 5 heteroatoms. The molecule has 0 spiro atoms. The van der Waals surface area contributed by atoms with Gasteiger partial charge in [-0.25, -0.2) is 0 Å². The highest BCUT2D eigenvalue weighted by atomic mass is 35.5. The summed E-state index contributed by atoms with van der Waals surface area (Å²) in [4.78, 5) is 10.8. The number of benzene rings is 1. The molecule has 1 unspecified atom stereocenters. The third-order valence-corrected chi connectivity index (χ3v) is 2.74. The molecule has 1 heterocycles. The van der Waals surface area contributed by atoms with Gasteiger partial charge in [0.1, 0.15) is 5.92 Å². The number of anilines is 1. The summed E-state index contributed by atoms with van der Waals surface area (Å²) in [5.41, 5.74) is 1.88. The Bertz CT molecular complexity index is 459. The largest absolute Gasteiger partial charge is 0.481 e. The fourth-order valence-electron chi connectivity index (χ4n) is 1.65. The summed E-state index contributed by atoms with van der Waals surface area (Å²) in [6, 6.07) is 5.45. The highest BCUT2D eigenvalue weighted by Crippen LogP contribution is 2.26. The van der Waals surface area contributed by atoms with Crippen molar-refractivity contribution in [2.45, 2.75) is 6.92 Å². The molecule has 4 nitrogen and oxygen atoms in total. The molecular weight excluding hydrogens is 228 g/mol. The first-order chi connectivity index (χ1) is 7.58. The molecule has 0 amide bonds. The Kier molecular flexibility index (Phi) is 2.83. The fourth-order valence-corrected chi connectivity index (χ4v) is 1.88. The Balaban J connectivity index is 2.21. The van der Waals surface area contributed by atoms with Gasteiger partial charge in [0.15, 0.2) is 0 Å². The van der Waals surface area contributed by atoms with Crippen molar-refractivity contribution in [3.8, 4) is 0 Å². The lowest BCUT2D eigenvalue weighted by molar-refractivity contribution is -0.138. The smallest absolute Gasteiger partial charge is 0.313 e. The van der Waals surface area contributed by atoms with Gasteiger partial charge >= 0.3 is 5.97 Å². The van der Waals surface area contributed by atoms with Crippen LogP contribution in [0.1, 0.15) is 5.56 Å². The average Bonchev–Trinajstić information content (AvgIpc) is 2.66. The van der Waals surface area contributed by atoms with Crippen LogP contribution in [0, 0.1) is 12.8 Å². The predicted molar refractivity (Wildman–Crippen MR) is 63.2 cm³/mol. The highest BCUT2D eigenvalue weighted by molar-refractivity contribution is 6.30. The number of hydrogen-bond donors (Lipinski definition) is 1. The van der Waals surface area contributed by atoms with Crippen LogP contribution >= 0.6 is 11.6 Å². The van der Waals surface area contributed by atoms with Crippen LogP contribution in [0.15, 0.2) is 23.3 Å². The fraction of sp³-hybridized carbons (Fsp3) is 0.273. The van der Waals surface area contributed by atoms with E-state index < -0.39 is 11.9 Å². The summed E-state index contributed by atoms with van der Waals surface area (Å²) in [5, 5.41) is 15.3. The van der Waals surface area contributed by atoms with Gasteiger partial charge in [-0.1, -0.05) is 11.6 Å². The molecule has 0 bridgehead atoms. The van der Waals surface area contributed by atoms with Crippen LogP contribution in [-0.4, -0.2) is 23.8 Å². The molecule has 2 rings (SSSR count). The first kappa shape index (κ1) is 11.0. The van der Waals surface area contributed by atoms with Gasteiger partial charge in [-0.2, -0.15) is 5.10 Å². The van der Waals surface area contributed by atoms with E-state index in [4.69, 9.17) is 16.7 Å². The van der Waals surface area contributed by atoms with E-state index in [1.165, 1.54) is 6.21 Å². The van der Waals surface area contributed by atoms with Gasteiger partial charge in [0.2, 0.25) is 0 Å². The summed E-state index contributed by atoms with van der Waals surface area (Å²) >= 11 is 5.85. The Hall–Kier alpha value is -1.55. The third kappa shape index (κ3) is 2.02. The van der Waals surface area contributed by atoms with E-state index in [-0.39, 0.29) is 0 Å². The summed E-state index contributed by atoms with van der Waals surface area (Å²) in [7, 11) is 0. The second-order valence-corrected chi connectivity index (χ2v) is 4.16. The van der Waals surface area contributed by atoms with Crippen LogP contribution in [-0.2, 0) is 4.79 Å². The molecule has 0 radical (unpaired) electrons. The Morgan fingerprint density at radius 2 is 2.38 bits per heavy atom. The quantitative estimate of drug-likeness (QED) is 0.859. The van der Waals surface area contributed by atoms with Crippen molar-refractivity contribution in [1.82, 2.24) is 0 Å². The third-order valence-electron chi connectivity index (χ3n) is 2.51. The van der Waals surface area contributed by atoms with Crippen molar-refractivity contribution in [2.24, 2.45) is 11.0 Å². The zero-order valence-corrected chi connectivity index (χ0v) is 9.48. The van der Waals surface area contributed by atoms with Crippen LogP contribution in [0.5, 0.6) is 0 Å². The number of hydrazone groups is 1. The van der Waals surface area contributed by atoms with Crippen LogP contribution in [0.3, 0.4) is 0 Å². The van der Waals surface area contributed by atoms with Crippen LogP contribution in [0.25, 0.3) is 0 Å². The topological polar surface area (TPSA) is 52.9 Å². The lowest BCUT2D eigenvalue weighted by Gasteiger charge is -2.17. The molecule has 1 aromatic rings. The van der Waals surface area contributed by atoms with Crippen LogP contribution in [0.2, 0.25) is 5.02 Å². The maximum absolute atomic E-state index is 10.8. The van der Waals surface area contributed by atoms with Crippen molar-refractivity contribution in [2.75, 3.05) is 11.6 Å². The van der Waals surface area contributed by atoms with Gasteiger partial charge in [0.25, 0.3) is 0 Å². The summed E-state index contributed by atoms with van der Waals surface area (Å²) in [6.45, 7) is 2.29. The molecule has 16 heavy (non-hydrogen) atoms. The van der Waals surface area contributed by atoms with Gasteiger partial charge < -0.3 is 5.11 Å². The number of aliphatic carboxylic acids is 1. The second kappa shape index (κ2) is 4.14. The minimum atomic E-state index is -0.849. The molecule has 1 atom stereocenters. The lowest BCUT2D eigenvalue weighted by atomic mass is 10.1. The number of hydrogen-bond acceptors (Lipinski definition) is 3. The Morgan fingerprint density at radius 3 is 2.94 bits per heavy atom. The lowest BCUT2D eigenvalue weighted by Crippen LogP contribution is -2.23. The number of aryl methyl sites for hydroxylation is 1. The van der Waals surface area contributed by atoms with E-state index in [1.54, 1.807) is 11.1 Å². The first-order valence-corrected chi connectivity index (χ1v) is 5.26. The van der Waals surface area contributed by atoms with Crippen molar-refractivity contribution < 1.29 is 9.90 Å².